The lowest BCUT2D eigenvalue weighted by Crippen LogP contribution is -2.40. The van der Waals surface area contributed by atoms with E-state index in [9.17, 15) is 4.79 Å². The number of likely N-dealkylation sites (tertiary alicyclic amines) is 1. The van der Waals surface area contributed by atoms with Gasteiger partial charge in [-0.2, -0.15) is 0 Å². The molecule has 128 valence electrons. The molecule has 1 aromatic heterocycles. The third-order valence-electron chi connectivity index (χ3n) is 4.51. The predicted octanol–water partition coefficient (Wildman–Crippen LogP) is 3.71. The van der Waals surface area contributed by atoms with Crippen LogP contribution in [0.1, 0.15) is 40.5 Å². The summed E-state index contributed by atoms with van der Waals surface area (Å²) in [4.78, 5) is 16.4. The maximum absolute atomic E-state index is 12.6. The predicted molar refractivity (Wildman–Crippen MR) is 97.8 cm³/mol. The second-order valence-corrected chi connectivity index (χ2v) is 7.02. The molecule has 0 unspecified atom stereocenters. The van der Waals surface area contributed by atoms with E-state index in [0.29, 0.717) is 17.9 Å². The van der Waals surface area contributed by atoms with Crippen molar-refractivity contribution < 1.29 is 9.53 Å². The van der Waals surface area contributed by atoms with Crippen LogP contribution in [-0.4, -0.2) is 37.6 Å². The Morgan fingerprint density at radius 1 is 1.21 bits per heavy atom. The molecule has 4 nitrogen and oxygen atoms in total. The van der Waals surface area contributed by atoms with Gasteiger partial charge < -0.3 is 10.1 Å². The van der Waals surface area contributed by atoms with E-state index in [1.54, 1.807) is 24.5 Å². The van der Waals surface area contributed by atoms with Crippen molar-refractivity contribution >= 4 is 17.2 Å². The Kier molecular flexibility index (Phi) is 5.88. The minimum absolute atomic E-state index is 0.0778. The van der Waals surface area contributed by atoms with Crippen LogP contribution in [-0.2, 0) is 0 Å². The molecule has 0 radical (unpaired) electrons. The number of nitrogens with one attached hydrogen (secondary N) is 1. The van der Waals surface area contributed by atoms with E-state index in [1.165, 1.54) is 24.1 Å². The Morgan fingerprint density at radius 2 is 2.00 bits per heavy atom. The first kappa shape index (κ1) is 17.0. The van der Waals surface area contributed by atoms with Gasteiger partial charge in [0.25, 0.3) is 5.91 Å². The van der Waals surface area contributed by atoms with Crippen molar-refractivity contribution in [3.63, 3.8) is 0 Å². The van der Waals surface area contributed by atoms with Gasteiger partial charge in [-0.3, -0.25) is 9.69 Å². The van der Waals surface area contributed by atoms with Crippen LogP contribution >= 0.6 is 11.3 Å². The highest BCUT2D eigenvalue weighted by Gasteiger charge is 2.24. The average molecular weight is 344 g/mol. The highest BCUT2D eigenvalue weighted by Crippen LogP contribution is 2.27. The fraction of sp³-hybridized carbons (Fsp3) is 0.421. The molecule has 24 heavy (non-hydrogen) atoms. The van der Waals surface area contributed by atoms with E-state index in [2.05, 4.69) is 27.7 Å². The average Bonchev–Trinajstić information content (AvgIpc) is 3.17. The first-order chi connectivity index (χ1) is 11.8. The van der Waals surface area contributed by atoms with Crippen LogP contribution in [0.2, 0.25) is 0 Å². The Labute approximate surface area is 147 Å². The van der Waals surface area contributed by atoms with E-state index < -0.39 is 0 Å². The maximum Gasteiger partial charge on any atom is 0.255 e. The zero-order valence-corrected chi connectivity index (χ0v) is 14.8. The normalized spacial score (nSPS) is 16.5. The van der Waals surface area contributed by atoms with E-state index in [1.807, 2.05) is 18.2 Å². The molecule has 2 aromatic rings. The number of para-hydroxylation sites is 1. The van der Waals surface area contributed by atoms with Crippen LogP contribution in [0, 0.1) is 0 Å². The zero-order valence-electron chi connectivity index (χ0n) is 14.0. The molecule has 1 saturated heterocycles. The molecule has 0 saturated carbocycles. The molecule has 5 heteroatoms. The summed E-state index contributed by atoms with van der Waals surface area (Å²) in [7, 11) is 1.59. The Bertz CT molecular complexity index is 651. The number of thiophene rings is 1. The molecule has 3 rings (SSSR count). The van der Waals surface area contributed by atoms with Crippen LogP contribution in [0.3, 0.4) is 0 Å². The second kappa shape index (κ2) is 8.31. The smallest absolute Gasteiger partial charge is 0.255 e. The lowest BCUT2D eigenvalue weighted by molar-refractivity contribution is 0.0922. The standard InChI is InChI=1S/C19H24N2O2S/c1-23-17-9-4-3-8-15(17)19(22)20-14-16(18-10-7-13-24-18)21-11-5-2-6-12-21/h3-4,7-10,13,16H,2,5-6,11-12,14H2,1H3,(H,20,22)/t16-/m0/s1. The van der Waals surface area contributed by atoms with Crippen molar-refractivity contribution in [1.29, 1.82) is 0 Å². The number of carbonyl (C=O) groups excluding carboxylic acids is 1. The van der Waals surface area contributed by atoms with Crippen LogP contribution in [0.4, 0.5) is 0 Å². The number of rotatable bonds is 6. The molecule has 2 heterocycles. The number of hydrogen-bond donors (Lipinski definition) is 1. The Balaban J connectivity index is 1.70. The quantitative estimate of drug-likeness (QED) is 0.868. The summed E-state index contributed by atoms with van der Waals surface area (Å²) in [5.74, 6) is 0.534. The summed E-state index contributed by atoms with van der Waals surface area (Å²) in [5.41, 5.74) is 0.587. The number of carbonyl (C=O) groups is 1. The van der Waals surface area contributed by atoms with Gasteiger partial charge in [0.1, 0.15) is 5.75 Å². The van der Waals surface area contributed by atoms with E-state index in [0.717, 1.165) is 13.1 Å². The summed E-state index contributed by atoms with van der Waals surface area (Å²) < 4.78 is 5.29. The first-order valence-electron chi connectivity index (χ1n) is 8.48. The zero-order chi connectivity index (χ0) is 16.8. The molecule has 1 atom stereocenters. The Hall–Kier alpha value is -1.85. The summed E-state index contributed by atoms with van der Waals surface area (Å²) >= 11 is 1.76. The van der Waals surface area contributed by atoms with Gasteiger partial charge in [-0.25, -0.2) is 0 Å². The van der Waals surface area contributed by atoms with Gasteiger partial charge in [-0.15, -0.1) is 11.3 Å². The van der Waals surface area contributed by atoms with Gasteiger partial charge in [0.15, 0.2) is 0 Å². The van der Waals surface area contributed by atoms with Gasteiger partial charge in [-0.05, 0) is 49.5 Å². The van der Waals surface area contributed by atoms with E-state index in [-0.39, 0.29) is 11.9 Å². The highest BCUT2D eigenvalue weighted by atomic mass is 32.1. The van der Waals surface area contributed by atoms with Gasteiger partial charge in [-0.1, -0.05) is 24.6 Å². The number of hydrogen-bond acceptors (Lipinski definition) is 4. The van der Waals surface area contributed by atoms with Crippen LogP contribution in [0.5, 0.6) is 5.75 Å². The second-order valence-electron chi connectivity index (χ2n) is 6.04. The third-order valence-corrected chi connectivity index (χ3v) is 5.48. The molecular formula is C19H24N2O2S. The van der Waals surface area contributed by atoms with Crippen LogP contribution in [0.15, 0.2) is 41.8 Å². The number of ether oxygens (including phenoxy) is 1. The van der Waals surface area contributed by atoms with E-state index >= 15 is 0 Å². The molecular weight excluding hydrogens is 320 g/mol. The molecule has 1 aliphatic heterocycles. The largest absolute Gasteiger partial charge is 0.496 e. The molecule has 1 aromatic carbocycles. The fourth-order valence-corrected chi connectivity index (χ4v) is 4.10. The van der Waals surface area contributed by atoms with Gasteiger partial charge >= 0.3 is 0 Å². The molecule has 0 bridgehead atoms. The SMILES string of the molecule is COc1ccccc1C(=O)NC[C@@H](c1cccs1)N1CCCCC1. The highest BCUT2D eigenvalue weighted by molar-refractivity contribution is 7.10. The number of methoxy groups -OCH3 is 1. The number of amides is 1. The number of benzene rings is 1. The van der Waals surface area contributed by atoms with Crippen molar-refractivity contribution in [3.8, 4) is 5.75 Å². The van der Waals surface area contributed by atoms with Crippen molar-refractivity contribution in [3.05, 3.63) is 52.2 Å². The van der Waals surface area contributed by atoms with Crippen molar-refractivity contribution in [2.45, 2.75) is 25.3 Å². The van der Waals surface area contributed by atoms with Crippen LogP contribution in [0.25, 0.3) is 0 Å². The molecule has 0 spiro atoms. The lowest BCUT2D eigenvalue weighted by atomic mass is 10.1. The molecule has 1 N–H and O–H groups in total. The molecule has 0 aliphatic carbocycles. The maximum atomic E-state index is 12.6. The van der Waals surface area contributed by atoms with Gasteiger partial charge in [0, 0.05) is 11.4 Å². The van der Waals surface area contributed by atoms with E-state index in [4.69, 9.17) is 4.74 Å². The van der Waals surface area contributed by atoms with Gasteiger partial charge in [0.2, 0.25) is 0 Å². The third kappa shape index (κ3) is 3.97. The summed E-state index contributed by atoms with van der Waals surface area (Å²) in [6.45, 7) is 2.83. The minimum atomic E-state index is -0.0778. The molecule has 1 aliphatic rings. The topological polar surface area (TPSA) is 41.6 Å². The van der Waals surface area contributed by atoms with Crippen molar-refractivity contribution in [2.75, 3.05) is 26.7 Å². The van der Waals surface area contributed by atoms with Crippen LogP contribution < -0.4 is 10.1 Å². The first-order valence-corrected chi connectivity index (χ1v) is 9.36. The Morgan fingerprint density at radius 3 is 2.71 bits per heavy atom. The summed E-state index contributed by atoms with van der Waals surface area (Å²) in [5, 5.41) is 5.21. The molecule has 1 fully saturated rings. The lowest BCUT2D eigenvalue weighted by Gasteiger charge is -2.34. The minimum Gasteiger partial charge on any atom is -0.496 e. The summed E-state index contributed by atoms with van der Waals surface area (Å²) in [6.07, 6.45) is 3.78. The van der Waals surface area contributed by atoms with Crippen molar-refractivity contribution in [2.24, 2.45) is 0 Å². The van der Waals surface area contributed by atoms with Crippen molar-refractivity contribution in [1.82, 2.24) is 10.2 Å². The number of piperidine rings is 1. The fourth-order valence-electron chi connectivity index (χ4n) is 3.24. The molecule has 1 amide bonds. The van der Waals surface area contributed by atoms with Gasteiger partial charge in [0.05, 0.1) is 18.7 Å². The summed E-state index contributed by atoms with van der Waals surface area (Å²) in [6, 6.07) is 11.9. The monoisotopic (exact) mass is 344 g/mol. The number of nitrogens with zero attached hydrogens (tertiary/aromatic N) is 1.